The maximum atomic E-state index is 12.7. The second kappa shape index (κ2) is 5.01. The number of carbonyl (C=O) groups excluding carboxylic acids is 1. The van der Waals surface area contributed by atoms with E-state index in [9.17, 15) is 4.79 Å². The van der Waals surface area contributed by atoms with Crippen molar-refractivity contribution in [3.8, 4) is 0 Å². The fraction of sp³-hybridized carbons (Fsp3) is 0.533. The molecule has 0 saturated carbocycles. The number of nitrogen functional groups attached to an aromatic ring is 1. The van der Waals surface area contributed by atoms with Crippen molar-refractivity contribution < 1.29 is 4.79 Å². The first-order valence-electron chi connectivity index (χ1n) is 6.69. The molecule has 1 aliphatic heterocycles. The van der Waals surface area contributed by atoms with E-state index in [1.807, 2.05) is 24.0 Å². The van der Waals surface area contributed by atoms with Crippen molar-refractivity contribution in [3.05, 3.63) is 29.3 Å². The Morgan fingerprint density at radius 1 is 1.28 bits per heavy atom. The van der Waals surface area contributed by atoms with Crippen LogP contribution in [0.25, 0.3) is 0 Å². The van der Waals surface area contributed by atoms with Crippen molar-refractivity contribution in [1.82, 2.24) is 4.90 Å². The summed E-state index contributed by atoms with van der Waals surface area (Å²) < 4.78 is 0. The number of nitrogens with two attached hydrogens (primary N) is 1. The average molecular weight is 246 g/mol. The van der Waals surface area contributed by atoms with Gasteiger partial charge in [0.15, 0.2) is 0 Å². The highest BCUT2D eigenvalue weighted by atomic mass is 16.2. The Balaban J connectivity index is 2.32. The Kier molecular flexibility index (Phi) is 3.60. The lowest BCUT2D eigenvalue weighted by Gasteiger charge is -2.39. The van der Waals surface area contributed by atoms with E-state index in [2.05, 4.69) is 13.8 Å². The molecule has 3 nitrogen and oxygen atoms in total. The molecule has 0 spiro atoms. The first kappa shape index (κ1) is 12.9. The molecule has 3 heteroatoms. The lowest BCUT2D eigenvalue weighted by Crippen LogP contribution is -2.47. The third-order valence-corrected chi connectivity index (χ3v) is 3.92. The van der Waals surface area contributed by atoms with E-state index < -0.39 is 0 Å². The third-order valence-electron chi connectivity index (χ3n) is 3.92. The fourth-order valence-electron chi connectivity index (χ4n) is 2.83. The normalized spacial score (nSPS) is 24.1. The van der Waals surface area contributed by atoms with Gasteiger partial charge in [0.05, 0.1) is 0 Å². The number of hydrogen-bond acceptors (Lipinski definition) is 2. The van der Waals surface area contributed by atoms with Crippen LogP contribution in [-0.2, 0) is 0 Å². The van der Waals surface area contributed by atoms with E-state index in [4.69, 9.17) is 5.73 Å². The van der Waals surface area contributed by atoms with Gasteiger partial charge in [0.1, 0.15) is 0 Å². The summed E-state index contributed by atoms with van der Waals surface area (Å²) in [6, 6.07) is 6.20. The summed E-state index contributed by atoms with van der Waals surface area (Å²) >= 11 is 0. The number of piperidine rings is 1. The Hall–Kier alpha value is -1.51. The molecular weight excluding hydrogens is 224 g/mol. The summed E-state index contributed by atoms with van der Waals surface area (Å²) in [5.41, 5.74) is 8.19. The number of amides is 1. The molecule has 0 aliphatic carbocycles. The predicted molar refractivity (Wildman–Crippen MR) is 74.5 cm³/mol. The van der Waals surface area contributed by atoms with E-state index in [0.29, 0.717) is 17.8 Å². The molecule has 1 aromatic carbocycles. The third kappa shape index (κ3) is 2.35. The fourth-order valence-corrected chi connectivity index (χ4v) is 2.83. The number of rotatable bonds is 1. The minimum Gasteiger partial charge on any atom is -0.399 e. The van der Waals surface area contributed by atoms with Gasteiger partial charge >= 0.3 is 0 Å². The molecule has 1 saturated heterocycles. The topological polar surface area (TPSA) is 46.3 Å². The van der Waals surface area contributed by atoms with E-state index in [0.717, 1.165) is 24.0 Å². The minimum absolute atomic E-state index is 0.125. The van der Waals surface area contributed by atoms with Gasteiger partial charge in [-0.2, -0.15) is 0 Å². The molecule has 18 heavy (non-hydrogen) atoms. The predicted octanol–water partition coefficient (Wildman–Crippen LogP) is 2.98. The van der Waals surface area contributed by atoms with Gasteiger partial charge in [-0.25, -0.2) is 0 Å². The summed E-state index contributed by atoms with van der Waals surface area (Å²) in [6.45, 7) is 6.23. The van der Waals surface area contributed by atoms with E-state index in [-0.39, 0.29) is 5.91 Å². The van der Waals surface area contributed by atoms with E-state index >= 15 is 0 Å². The number of likely N-dealkylation sites (tertiary alicyclic amines) is 1. The lowest BCUT2D eigenvalue weighted by atomic mass is 9.95. The second-order valence-corrected chi connectivity index (χ2v) is 5.42. The van der Waals surface area contributed by atoms with Crippen LogP contribution in [-0.4, -0.2) is 22.9 Å². The molecular formula is C15H22N2O. The van der Waals surface area contributed by atoms with Crippen LogP contribution in [0.1, 0.15) is 49.0 Å². The molecule has 98 valence electrons. The highest BCUT2D eigenvalue weighted by Gasteiger charge is 2.30. The Morgan fingerprint density at radius 3 is 2.50 bits per heavy atom. The summed E-state index contributed by atoms with van der Waals surface area (Å²) in [7, 11) is 0. The summed E-state index contributed by atoms with van der Waals surface area (Å²) in [5, 5.41) is 0. The van der Waals surface area contributed by atoms with Crippen LogP contribution in [0.5, 0.6) is 0 Å². The summed E-state index contributed by atoms with van der Waals surface area (Å²) in [6.07, 6.45) is 3.40. The molecule has 1 aliphatic rings. The SMILES string of the molecule is Cc1ccc(N)cc1C(=O)N1C(C)CCCC1C. The molecule has 1 heterocycles. The summed E-state index contributed by atoms with van der Waals surface area (Å²) in [4.78, 5) is 14.7. The first-order chi connectivity index (χ1) is 8.50. The van der Waals surface area contributed by atoms with Gasteiger partial charge in [-0.05, 0) is 57.7 Å². The smallest absolute Gasteiger partial charge is 0.254 e. The minimum atomic E-state index is 0.125. The maximum Gasteiger partial charge on any atom is 0.254 e. The van der Waals surface area contributed by atoms with Gasteiger partial charge in [-0.15, -0.1) is 0 Å². The number of anilines is 1. The highest BCUT2D eigenvalue weighted by Crippen LogP contribution is 2.26. The van der Waals surface area contributed by atoms with Crippen LogP contribution >= 0.6 is 0 Å². The van der Waals surface area contributed by atoms with Crippen molar-refractivity contribution in [3.63, 3.8) is 0 Å². The standard InChI is InChI=1S/C15H22N2O/c1-10-7-8-13(16)9-14(10)15(18)17-11(2)5-4-6-12(17)3/h7-9,11-12H,4-6,16H2,1-3H3. The number of nitrogens with zero attached hydrogens (tertiary/aromatic N) is 1. The van der Waals surface area contributed by atoms with Gasteiger partial charge < -0.3 is 10.6 Å². The molecule has 1 aromatic rings. The number of benzene rings is 1. The molecule has 2 rings (SSSR count). The zero-order valence-corrected chi connectivity index (χ0v) is 11.4. The zero-order chi connectivity index (χ0) is 13.3. The van der Waals surface area contributed by atoms with Gasteiger partial charge in [0.2, 0.25) is 0 Å². The average Bonchev–Trinajstić information content (AvgIpc) is 2.32. The van der Waals surface area contributed by atoms with Crippen molar-refractivity contribution in [2.24, 2.45) is 0 Å². The number of aryl methyl sites for hydroxylation is 1. The lowest BCUT2D eigenvalue weighted by molar-refractivity contribution is 0.0510. The Labute approximate surface area is 109 Å². The van der Waals surface area contributed by atoms with Crippen LogP contribution in [0.4, 0.5) is 5.69 Å². The van der Waals surface area contributed by atoms with Crippen LogP contribution in [0.15, 0.2) is 18.2 Å². The Bertz CT molecular complexity index is 446. The van der Waals surface area contributed by atoms with Crippen molar-refractivity contribution in [2.45, 2.75) is 52.1 Å². The van der Waals surface area contributed by atoms with Gasteiger partial charge in [0.25, 0.3) is 5.91 Å². The maximum absolute atomic E-state index is 12.7. The quantitative estimate of drug-likeness (QED) is 0.774. The number of carbonyl (C=O) groups is 1. The molecule has 1 amide bonds. The van der Waals surface area contributed by atoms with Gasteiger partial charge in [-0.1, -0.05) is 6.07 Å². The van der Waals surface area contributed by atoms with Gasteiger partial charge in [-0.3, -0.25) is 4.79 Å². The Morgan fingerprint density at radius 2 is 1.89 bits per heavy atom. The molecule has 2 atom stereocenters. The van der Waals surface area contributed by atoms with Crippen molar-refractivity contribution in [1.29, 1.82) is 0 Å². The van der Waals surface area contributed by atoms with Crippen LogP contribution in [0.3, 0.4) is 0 Å². The second-order valence-electron chi connectivity index (χ2n) is 5.42. The monoisotopic (exact) mass is 246 g/mol. The first-order valence-corrected chi connectivity index (χ1v) is 6.69. The zero-order valence-electron chi connectivity index (χ0n) is 11.4. The van der Waals surface area contributed by atoms with E-state index in [1.54, 1.807) is 6.07 Å². The van der Waals surface area contributed by atoms with Crippen LogP contribution in [0, 0.1) is 6.92 Å². The number of hydrogen-bond donors (Lipinski definition) is 1. The largest absolute Gasteiger partial charge is 0.399 e. The molecule has 2 unspecified atom stereocenters. The molecule has 0 radical (unpaired) electrons. The molecule has 2 N–H and O–H groups in total. The van der Waals surface area contributed by atoms with Gasteiger partial charge in [0, 0.05) is 23.3 Å². The molecule has 0 bridgehead atoms. The van der Waals surface area contributed by atoms with Crippen molar-refractivity contribution in [2.75, 3.05) is 5.73 Å². The molecule has 1 fully saturated rings. The van der Waals surface area contributed by atoms with E-state index in [1.165, 1.54) is 6.42 Å². The van der Waals surface area contributed by atoms with Crippen LogP contribution in [0.2, 0.25) is 0 Å². The van der Waals surface area contributed by atoms with Crippen LogP contribution < -0.4 is 5.73 Å². The summed E-state index contributed by atoms with van der Waals surface area (Å²) in [5.74, 6) is 0.125. The molecule has 0 aromatic heterocycles. The van der Waals surface area contributed by atoms with Crippen molar-refractivity contribution >= 4 is 11.6 Å². The highest BCUT2D eigenvalue weighted by molar-refractivity contribution is 5.97.